The van der Waals surface area contributed by atoms with Gasteiger partial charge in [-0.15, -0.1) is 11.3 Å². The van der Waals surface area contributed by atoms with Crippen molar-refractivity contribution in [1.82, 2.24) is 9.13 Å². The Bertz CT molecular complexity index is 1410. The molecule has 0 aliphatic rings. The minimum atomic E-state index is -0.613. The van der Waals surface area contributed by atoms with E-state index in [1.54, 1.807) is 36.6 Å². The molecule has 0 radical (unpaired) electrons. The van der Waals surface area contributed by atoms with Crippen molar-refractivity contribution in [3.8, 4) is 0 Å². The molecule has 2 heterocycles. The minimum absolute atomic E-state index is 0.0270. The van der Waals surface area contributed by atoms with Crippen LogP contribution in [-0.2, 0) is 17.9 Å². The molecule has 2 aromatic heterocycles. The quantitative estimate of drug-likeness (QED) is 0.492. The van der Waals surface area contributed by atoms with Crippen LogP contribution in [0.2, 0.25) is 5.02 Å². The lowest BCUT2D eigenvalue weighted by Gasteiger charge is -2.13. The number of amides is 1. The number of benzene rings is 2. The van der Waals surface area contributed by atoms with Gasteiger partial charge in [0, 0.05) is 10.7 Å². The fourth-order valence-electron chi connectivity index (χ4n) is 3.27. The molecular weight excluding hydrogens is 441 g/mol. The average Bonchev–Trinajstić information content (AvgIpc) is 3.23. The molecule has 1 amide bonds. The lowest BCUT2D eigenvalue weighted by molar-refractivity contribution is -0.116. The second-order valence-corrected chi connectivity index (χ2v) is 8.31. The van der Waals surface area contributed by atoms with E-state index in [4.69, 9.17) is 11.6 Å². The molecule has 1 N–H and O–H groups in total. The van der Waals surface area contributed by atoms with E-state index < -0.39 is 23.0 Å². The van der Waals surface area contributed by atoms with Crippen molar-refractivity contribution in [2.24, 2.45) is 0 Å². The number of hydrogen-bond donors (Lipinski definition) is 1. The van der Waals surface area contributed by atoms with Crippen LogP contribution in [0.15, 0.2) is 63.5 Å². The van der Waals surface area contributed by atoms with E-state index in [0.29, 0.717) is 32.1 Å². The van der Waals surface area contributed by atoms with Crippen molar-refractivity contribution < 1.29 is 9.18 Å². The van der Waals surface area contributed by atoms with E-state index in [1.807, 2.05) is 0 Å². The SMILES string of the molecule is Cc1c(Cl)cccc1NC(=O)Cn1c(=O)n(Cc2ccc(F)cc2)c(=O)c2sccc21. The molecule has 4 aromatic rings. The first-order valence-corrected chi connectivity index (χ1v) is 10.6. The molecule has 0 unspecified atom stereocenters. The number of hydrogen-bond acceptors (Lipinski definition) is 4. The molecule has 0 bridgehead atoms. The third-order valence-electron chi connectivity index (χ3n) is 4.93. The summed E-state index contributed by atoms with van der Waals surface area (Å²) >= 11 is 7.30. The largest absolute Gasteiger partial charge is 0.332 e. The van der Waals surface area contributed by atoms with E-state index >= 15 is 0 Å². The fourth-order valence-corrected chi connectivity index (χ4v) is 4.29. The highest BCUT2D eigenvalue weighted by Crippen LogP contribution is 2.23. The summed E-state index contributed by atoms with van der Waals surface area (Å²) in [5.74, 6) is -0.831. The number of halogens is 2. The van der Waals surface area contributed by atoms with Crippen LogP contribution in [0.3, 0.4) is 0 Å². The maximum absolute atomic E-state index is 13.2. The molecule has 0 saturated heterocycles. The zero-order chi connectivity index (χ0) is 22.1. The Kier molecular flexibility index (Phi) is 5.75. The van der Waals surface area contributed by atoms with Gasteiger partial charge in [0.1, 0.15) is 17.1 Å². The van der Waals surface area contributed by atoms with Crippen molar-refractivity contribution in [3.63, 3.8) is 0 Å². The Labute approximate surface area is 185 Å². The van der Waals surface area contributed by atoms with Gasteiger partial charge in [-0.1, -0.05) is 29.8 Å². The number of thiophene rings is 1. The molecule has 0 aliphatic carbocycles. The van der Waals surface area contributed by atoms with Crippen LogP contribution in [-0.4, -0.2) is 15.0 Å². The summed E-state index contributed by atoms with van der Waals surface area (Å²) in [5.41, 5.74) is 1.20. The summed E-state index contributed by atoms with van der Waals surface area (Å²) in [6, 6.07) is 12.4. The molecule has 2 aromatic carbocycles. The lowest BCUT2D eigenvalue weighted by atomic mass is 10.2. The number of rotatable bonds is 5. The van der Waals surface area contributed by atoms with Crippen LogP contribution in [0.1, 0.15) is 11.1 Å². The third kappa shape index (κ3) is 4.17. The Morgan fingerprint density at radius 2 is 1.84 bits per heavy atom. The van der Waals surface area contributed by atoms with Gasteiger partial charge in [0.05, 0.1) is 12.1 Å². The Morgan fingerprint density at radius 1 is 1.10 bits per heavy atom. The molecule has 0 aliphatic heterocycles. The van der Waals surface area contributed by atoms with Gasteiger partial charge in [-0.2, -0.15) is 0 Å². The van der Waals surface area contributed by atoms with Gasteiger partial charge in [0.2, 0.25) is 5.91 Å². The number of aromatic nitrogens is 2. The second kappa shape index (κ2) is 8.49. The van der Waals surface area contributed by atoms with Crippen molar-refractivity contribution in [1.29, 1.82) is 0 Å². The van der Waals surface area contributed by atoms with E-state index in [0.717, 1.165) is 4.57 Å². The van der Waals surface area contributed by atoms with Gasteiger partial charge < -0.3 is 5.32 Å². The maximum atomic E-state index is 13.2. The summed E-state index contributed by atoms with van der Waals surface area (Å²) in [5, 5.41) is 4.98. The highest BCUT2D eigenvalue weighted by molar-refractivity contribution is 7.17. The van der Waals surface area contributed by atoms with Gasteiger partial charge in [0.15, 0.2) is 0 Å². The van der Waals surface area contributed by atoms with Gasteiger partial charge in [-0.3, -0.25) is 18.7 Å². The number of anilines is 1. The first-order chi connectivity index (χ1) is 14.8. The Balaban J connectivity index is 1.72. The third-order valence-corrected chi connectivity index (χ3v) is 6.23. The van der Waals surface area contributed by atoms with Crippen LogP contribution >= 0.6 is 22.9 Å². The summed E-state index contributed by atoms with van der Waals surface area (Å²) in [6.45, 7) is 1.48. The minimum Gasteiger partial charge on any atom is -0.324 e. The van der Waals surface area contributed by atoms with E-state index in [9.17, 15) is 18.8 Å². The predicted octanol–water partition coefficient (Wildman–Crippen LogP) is 4.01. The predicted molar refractivity (Wildman–Crippen MR) is 121 cm³/mol. The maximum Gasteiger partial charge on any atom is 0.332 e. The second-order valence-electron chi connectivity index (χ2n) is 6.98. The standard InChI is InChI=1S/C22H17ClFN3O3S/c1-13-16(23)3-2-4-17(13)25-19(28)12-26-18-9-10-31-20(18)21(29)27(22(26)30)11-14-5-7-15(24)8-6-14/h2-10H,11-12H2,1H3,(H,25,28). The van der Waals surface area contributed by atoms with Crippen LogP contribution in [0.25, 0.3) is 10.2 Å². The van der Waals surface area contributed by atoms with Crippen molar-refractivity contribution in [2.75, 3.05) is 5.32 Å². The summed E-state index contributed by atoms with van der Waals surface area (Å²) in [7, 11) is 0. The molecule has 158 valence electrons. The molecule has 0 atom stereocenters. The lowest BCUT2D eigenvalue weighted by Crippen LogP contribution is -2.41. The Morgan fingerprint density at radius 3 is 2.58 bits per heavy atom. The molecule has 0 saturated carbocycles. The van der Waals surface area contributed by atoms with Crippen LogP contribution in [0.4, 0.5) is 10.1 Å². The van der Waals surface area contributed by atoms with Crippen molar-refractivity contribution in [3.05, 3.63) is 96.7 Å². The summed E-state index contributed by atoms with van der Waals surface area (Å²) in [6.07, 6.45) is 0. The van der Waals surface area contributed by atoms with Gasteiger partial charge in [-0.25, -0.2) is 9.18 Å². The van der Waals surface area contributed by atoms with Gasteiger partial charge in [0.25, 0.3) is 5.56 Å². The smallest absolute Gasteiger partial charge is 0.324 e. The van der Waals surface area contributed by atoms with Crippen molar-refractivity contribution in [2.45, 2.75) is 20.0 Å². The number of carbonyl (C=O) groups is 1. The molecule has 4 rings (SSSR count). The molecule has 0 spiro atoms. The zero-order valence-corrected chi connectivity index (χ0v) is 18.0. The van der Waals surface area contributed by atoms with Gasteiger partial charge in [-0.05, 0) is 53.8 Å². The fraction of sp³-hybridized carbons (Fsp3) is 0.136. The van der Waals surface area contributed by atoms with Crippen LogP contribution in [0.5, 0.6) is 0 Å². The molecule has 0 fully saturated rings. The number of nitrogens with one attached hydrogen (secondary N) is 1. The van der Waals surface area contributed by atoms with Crippen LogP contribution in [0, 0.1) is 12.7 Å². The molecule has 31 heavy (non-hydrogen) atoms. The van der Waals surface area contributed by atoms with Gasteiger partial charge >= 0.3 is 5.69 Å². The Hall–Kier alpha value is -3.23. The normalized spacial score (nSPS) is 11.1. The first-order valence-electron chi connectivity index (χ1n) is 9.35. The number of carbonyl (C=O) groups excluding carboxylic acids is 1. The molecule has 6 nitrogen and oxygen atoms in total. The zero-order valence-electron chi connectivity index (χ0n) is 16.4. The van der Waals surface area contributed by atoms with E-state index in [-0.39, 0.29) is 13.1 Å². The molecular formula is C22H17ClFN3O3S. The van der Waals surface area contributed by atoms with Crippen molar-refractivity contribution >= 4 is 44.7 Å². The number of nitrogens with zero attached hydrogens (tertiary/aromatic N) is 2. The number of fused-ring (bicyclic) bond motifs is 1. The summed E-state index contributed by atoms with van der Waals surface area (Å²) < 4.78 is 15.9. The topological polar surface area (TPSA) is 73.1 Å². The van der Waals surface area contributed by atoms with Crippen LogP contribution < -0.4 is 16.6 Å². The average molecular weight is 458 g/mol. The summed E-state index contributed by atoms with van der Waals surface area (Å²) in [4.78, 5) is 38.7. The highest BCUT2D eigenvalue weighted by atomic mass is 35.5. The highest BCUT2D eigenvalue weighted by Gasteiger charge is 2.17. The first kappa shape index (κ1) is 21.0. The van der Waals surface area contributed by atoms with E-state index in [1.165, 1.54) is 40.2 Å². The monoisotopic (exact) mass is 457 g/mol. The van der Waals surface area contributed by atoms with E-state index in [2.05, 4.69) is 5.32 Å². The molecule has 9 heteroatoms.